The van der Waals surface area contributed by atoms with E-state index in [0.29, 0.717) is 37.2 Å². The number of anilines is 1. The third-order valence-electron chi connectivity index (χ3n) is 5.09. The zero-order chi connectivity index (χ0) is 20.2. The molecule has 4 rings (SSSR count). The number of ether oxygens (including phenoxy) is 1. The fraction of sp³-hybridized carbons (Fsp3) is 0.400. The molecular formula is C20H22ClN5O3. The molecule has 3 heterocycles. The molecule has 29 heavy (non-hydrogen) atoms. The highest BCUT2D eigenvalue weighted by atomic mass is 35.5. The number of urea groups is 1. The van der Waals surface area contributed by atoms with Gasteiger partial charge in [0, 0.05) is 42.7 Å². The van der Waals surface area contributed by atoms with E-state index in [1.165, 1.54) is 0 Å². The van der Waals surface area contributed by atoms with Crippen LogP contribution in [0.4, 0.5) is 10.5 Å². The fourth-order valence-electron chi connectivity index (χ4n) is 3.63. The van der Waals surface area contributed by atoms with Crippen LogP contribution in [0.25, 0.3) is 0 Å². The van der Waals surface area contributed by atoms with Gasteiger partial charge in [-0.15, -0.1) is 0 Å². The molecule has 0 bridgehead atoms. The number of hydrogen-bond acceptors (Lipinski definition) is 5. The Morgan fingerprint density at radius 2 is 2.00 bits per heavy atom. The highest BCUT2D eigenvalue weighted by molar-refractivity contribution is 6.30. The predicted molar refractivity (Wildman–Crippen MR) is 108 cm³/mol. The summed E-state index contributed by atoms with van der Waals surface area (Å²) < 4.78 is 5.80. The molecule has 0 saturated carbocycles. The Bertz CT molecular complexity index is 881. The second kappa shape index (κ2) is 8.65. The molecule has 9 heteroatoms. The van der Waals surface area contributed by atoms with Gasteiger partial charge in [0.1, 0.15) is 12.6 Å². The van der Waals surface area contributed by atoms with Crippen molar-refractivity contribution in [1.82, 2.24) is 19.8 Å². The van der Waals surface area contributed by atoms with Crippen LogP contribution in [0.5, 0.6) is 6.01 Å². The summed E-state index contributed by atoms with van der Waals surface area (Å²) in [5, 5.41) is 0.576. The maximum Gasteiger partial charge on any atom is 0.325 e. The summed E-state index contributed by atoms with van der Waals surface area (Å²) in [6.07, 6.45) is 4.78. The Kier molecular flexibility index (Phi) is 5.80. The Balaban J connectivity index is 1.33. The van der Waals surface area contributed by atoms with E-state index in [4.69, 9.17) is 16.3 Å². The molecule has 2 saturated heterocycles. The molecule has 0 radical (unpaired) electrons. The largest absolute Gasteiger partial charge is 0.458 e. The Morgan fingerprint density at radius 1 is 1.17 bits per heavy atom. The number of likely N-dealkylation sites (tertiary alicyclic amines) is 1. The number of amides is 3. The standard InChI is InChI=1S/C20H22ClN5O3/c21-15-4-1-5-16(12-15)26-11-10-25(20(26)28)14-18(27)24-9-2-6-17(13-24)29-19-22-7-3-8-23-19/h1,3-5,7-8,12,17H,2,6,9-11,13-14H2. The van der Waals surface area contributed by atoms with Crippen molar-refractivity contribution in [2.24, 2.45) is 0 Å². The number of carbonyl (C=O) groups excluding carboxylic acids is 2. The highest BCUT2D eigenvalue weighted by Crippen LogP contribution is 2.24. The van der Waals surface area contributed by atoms with Crippen molar-refractivity contribution in [1.29, 1.82) is 0 Å². The minimum Gasteiger partial charge on any atom is -0.458 e. The summed E-state index contributed by atoms with van der Waals surface area (Å²) in [5.74, 6) is -0.0754. The average molecular weight is 416 g/mol. The first kappa shape index (κ1) is 19.4. The third kappa shape index (κ3) is 4.59. The van der Waals surface area contributed by atoms with Gasteiger partial charge in [-0.3, -0.25) is 9.69 Å². The Hall–Kier alpha value is -2.87. The second-order valence-corrected chi connectivity index (χ2v) is 7.53. The lowest BCUT2D eigenvalue weighted by molar-refractivity contribution is -0.134. The van der Waals surface area contributed by atoms with Crippen LogP contribution in [0.15, 0.2) is 42.7 Å². The number of benzene rings is 1. The third-order valence-corrected chi connectivity index (χ3v) is 5.32. The van der Waals surface area contributed by atoms with Crippen LogP contribution in [-0.4, -0.2) is 70.5 Å². The van der Waals surface area contributed by atoms with Crippen molar-refractivity contribution in [3.05, 3.63) is 47.7 Å². The molecule has 1 atom stereocenters. The minimum absolute atomic E-state index is 0.0600. The van der Waals surface area contributed by atoms with Gasteiger partial charge in [0.2, 0.25) is 5.91 Å². The number of carbonyl (C=O) groups is 2. The molecule has 2 aromatic rings. The van der Waals surface area contributed by atoms with Gasteiger partial charge in [0.15, 0.2) is 0 Å². The Labute approximate surface area is 174 Å². The number of hydrogen-bond donors (Lipinski definition) is 0. The second-order valence-electron chi connectivity index (χ2n) is 7.09. The maximum atomic E-state index is 12.8. The number of rotatable bonds is 5. The van der Waals surface area contributed by atoms with Crippen molar-refractivity contribution < 1.29 is 14.3 Å². The van der Waals surface area contributed by atoms with Crippen molar-refractivity contribution in [3.63, 3.8) is 0 Å². The van der Waals surface area contributed by atoms with E-state index < -0.39 is 0 Å². The molecule has 2 aliphatic rings. The van der Waals surface area contributed by atoms with E-state index in [2.05, 4.69) is 9.97 Å². The lowest BCUT2D eigenvalue weighted by atomic mass is 10.1. The maximum absolute atomic E-state index is 12.8. The molecule has 0 spiro atoms. The number of nitrogens with zero attached hydrogens (tertiary/aromatic N) is 5. The van der Waals surface area contributed by atoms with Crippen molar-refractivity contribution >= 4 is 29.2 Å². The normalized spacial score (nSPS) is 19.6. The topological polar surface area (TPSA) is 78.9 Å². The number of aromatic nitrogens is 2. The van der Waals surface area contributed by atoms with Gasteiger partial charge in [-0.1, -0.05) is 17.7 Å². The van der Waals surface area contributed by atoms with E-state index >= 15 is 0 Å². The summed E-state index contributed by atoms with van der Waals surface area (Å²) in [5.41, 5.74) is 0.742. The van der Waals surface area contributed by atoms with Gasteiger partial charge < -0.3 is 14.5 Å². The molecule has 8 nitrogen and oxygen atoms in total. The summed E-state index contributed by atoms with van der Waals surface area (Å²) in [7, 11) is 0. The molecule has 1 unspecified atom stereocenters. The van der Waals surface area contributed by atoms with Gasteiger partial charge in [0.25, 0.3) is 0 Å². The molecule has 2 aliphatic heterocycles. The quantitative estimate of drug-likeness (QED) is 0.749. The van der Waals surface area contributed by atoms with Crippen LogP contribution in [0.2, 0.25) is 5.02 Å². The zero-order valence-electron chi connectivity index (χ0n) is 15.9. The first-order valence-corrected chi connectivity index (χ1v) is 10.0. The van der Waals surface area contributed by atoms with E-state index in [0.717, 1.165) is 18.5 Å². The van der Waals surface area contributed by atoms with Crippen molar-refractivity contribution in [3.8, 4) is 6.01 Å². The van der Waals surface area contributed by atoms with Gasteiger partial charge >= 0.3 is 12.0 Å². The van der Waals surface area contributed by atoms with E-state index in [1.54, 1.807) is 45.3 Å². The van der Waals surface area contributed by atoms with Gasteiger partial charge in [-0.05, 0) is 37.1 Å². The van der Waals surface area contributed by atoms with Crippen LogP contribution in [0, 0.1) is 0 Å². The SMILES string of the molecule is O=C(CN1CCN(c2cccc(Cl)c2)C1=O)N1CCCC(Oc2ncccn2)C1. The zero-order valence-corrected chi connectivity index (χ0v) is 16.7. The first-order chi connectivity index (χ1) is 14.1. The van der Waals surface area contributed by atoms with Gasteiger partial charge in [-0.25, -0.2) is 14.8 Å². The minimum atomic E-state index is -0.178. The lowest BCUT2D eigenvalue weighted by Gasteiger charge is -2.33. The van der Waals surface area contributed by atoms with Crippen molar-refractivity contribution in [2.45, 2.75) is 18.9 Å². The van der Waals surface area contributed by atoms with Crippen LogP contribution in [0.1, 0.15) is 12.8 Å². The van der Waals surface area contributed by atoms with E-state index in [1.807, 2.05) is 12.1 Å². The summed E-state index contributed by atoms with van der Waals surface area (Å²) >= 11 is 6.03. The van der Waals surface area contributed by atoms with E-state index in [9.17, 15) is 9.59 Å². The average Bonchev–Trinajstić information content (AvgIpc) is 3.09. The molecule has 152 valence electrons. The van der Waals surface area contributed by atoms with Gasteiger partial charge in [-0.2, -0.15) is 0 Å². The van der Waals surface area contributed by atoms with Crippen LogP contribution in [-0.2, 0) is 4.79 Å². The summed E-state index contributed by atoms with van der Waals surface area (Å²) in [4.78, 5) is 38.7. The molecule has 1 aromatic heterocycles. The first-order valence-electron chi connectivity index (χ1n) is 9.63. The predicted octanol–water partition coefficient (Wildman–Crippen LogP) is 2.44. The monoisotopic (exact) mass is 415 g/mol. The van der Waals surface area contributed by atoms with Gasteiger partial charge in [0.05, 0.1) is 6.54 Å². The molecular weight excluding hydrogens is 394 g/mol. The summed E-state index contributed by atoms with van der Waals surface area (Å²) in [6.45, 7) is 2.22. The fourth-order valence-corrected chi connectivity index (χ4v) is 3.82. The smallest absolute Gasteiger partial charge is 0.325 e. The molecule has 0 N–H and O–H groups in total. The van der Waals surface area contributed by atoms with Crippen LogP contribution in [0.3, 0.4) is 0 Å². The van der Waals surface area contributed by atoms with Crippen LogP contribution >= 0.6 is 11.6 Å². The number of piperidine rings is 1. The summed E-state index contributed by atoms with van der Waals surface area (Å²) in [6, 6.07) is 9.03. The molecule has 3 amide bonds. The van der Waals surface area contributed by atoms with Crippen LogP contribution < -0.4 is 9.64 Å². The Morgan fingerprint density at radius 3 is 2.79 bits per heavy atom. The number of halogens is 1. The molecule has 0 aliphatic carbocycles. The van der Waals surface area contributed by atoms with Crippen molar-refractivity contribution in [2.75, 3.05) is 37.6 Å². The molecule has 1 aromatic carbocycles. The lowest BCUT2D eigenvalue weighted by Crippen LogP contribution is -2.48. The highest BCUT2D eigenvalue weighted by Gasteiger charge is 2.33. The van der Waals surface area contributed by atoms with E-state index in [-0.39, 0.29) is 24.6 Å². The molecule has 2 fully saturated rings.